The third-order valence-electron chi connectivity index (χ3n) is 2.10. The number of primary amides is 1. The van der Waals surface area contributed by atoms with E-state index in [4.69, 9.17) is 5.73 Å². The van der Waals surface area contributed by atoms with Crippen molar-refractivity contribution in [3.63, 3.8) is 0 Å². The summed E-state index contributed by atoms with van der Waals surface area (Å²) in [4.78, 5) is 10.6. The summed E-state index contributed by atoms with van der Waals surface area (Å²) < 4.78 is 0. The molecule has 2 heteroatoms. The lowest BCUT2D eigenvalue weighted by molar-refractivity contribution is -0.121. The zero-order chi connectivity index (χ0) is 6.85. The van der Waals surface area contributed by atoms with Crippen LogP contribution in [0, 0.1) is 11.8 Å². The summed E-state index contributed by atoms with van der Waals surface area (Å²) in [5, 5.41) is 0. The Hall–Kier alpha value is -0.530. The van der Waals surface area contributed by atoms with Crippen molar-refractivity contribution in [1.29, 1.82) is 0 Å². The minimum absolute atomic E-state index is 0.112. The topological polar surface area (TPSA) is 43.1 Å². The van der Waals surface area contributed by atoms with Crippen molar-refractivity contribution >= 4 is 5.91 Å². The third kappa shape index (κ3) is 1.44. The van der Waals surface area contributed by atoms with Crippen LogP contribution in [0.15, 0.2) is 0 Å². The minimum atomic E-state index is -0.112. The van der Waals surface area contributed by atoms with E-state index in [2.05, 4.69) is 6.92 Å². The van der Waals surface area contributed by atoms with Crippen LogP contribution in [0.25, 0.3) is 0 Å². The fourth-order valence-corrected chi connectivity index (χ4v) is 1.47. The third-order valence-corrected chi connectivity index (χ3v) is 2.10. The summed E-state index contributed by atoms with van der Waals surface area (Å²) in [6.45, 7) is 2.17. The van der Waals surface area contributed by atoms with Gasteiger partial charge in [-0.05, 0) is 25.2 Å². The van der Waals surface area contributed by atoms with E-state index in [0.29, 0.717) is 5.92 Å². The average Bonchev–Trinajstić information content (AvgIpc) is 2.14. The molecule has 1 aliphatic rings. The Bertz CT molecular complexity index is 122. The predicted octanol–water partition coefficient (Wildman–Crippen LogP) is 0.908. The molecule has 0 heterocycles. The van der Waals surface area contributed by atoms with Gasteiger partial charge in [-0.15, -0.1) is 0 Å². The fraction of sp³-hybridized carbons (Fsp3) is 0.857. The number of carbonyl (C=O) groups excluding carboxylic acids is 1. The Labute approximate surface area is 55.4 Å². The SMILES string of the molecule is CC1CCC(C(N)=O)C1. The molecule has 0 radical (unpaired) electrons. The molecule has 9 heavy (non-hydrogen) atoms. The summed E-state index contributed by atoms with van der Waals surface area (Å²) in [6, 6.07) is 0. The lowest BCUT2D eigenvalue weighted by Crippen LogP contribution is -2.20. The first kappa shape index (κ1) is 6.59. The van der Waals surface area contributed by atoms with Gasteiger partial charge in [-0.3, -0.25) is 4.79 Å². The van der Waals surface area contributed by atoms with Crippen molar-refractivity contribution in [2.24, 2.45) is 17.6 Å². The monoisotopic (exact) mass is 127 g/mol. The van der Waals surface area contributed by atoms with Crippen molar-refractivity contribution in [1.82, 2.24) is 0 Å². The van der Waals surface area contributed by atoms with E-state index in [1.54, 1.807) is 0 Å². The second kappa shape index (κ2) is 2.38. The molecule has 0 aromatic carbocycles. The van der Waals surface area contributed by atoms with Gasteiger partial charge >= 0.3 is 0 Å². The summed E-state index contributed by atoms with van der Waals surface area (Å²) in [6.07, 6.45) is 3.19. The van der Waals surface area contributed by atoms with Gasteiger partial charge in [0.2, 0.25) is 5.91 Å². The first-order valence-electron chi connectivity index (χ1n) is 3.49. The molecular weight excluding hydrogens is 114 g/mol. The van der Waals surface area contributed by atoms with Crippen molar-refractivity contribution in [3.8, 4) is 0 Å². The van der Waals surface area contributed by atoms with Crippen LogP contribution in [0.2, 0.25) is 0 Å². The molecule has 0 aromatic heterocycles. The lowest BCUT2D eigenvalue weighted by atomic mass is 10.1. The van der Waals surface area contributed by atoms with Gasteiger partial charge in [0.1, 0.15) is 0 Å². The number of nitrogens with two attached hydrogens (primary N) is 1. The molecule has 1 saturated carbocycles. The first-order chi connectivity index (χ1) is 4.20. The van der Waals surface area contributed by atoms with E-state index < -0.39 is 0 Å². The molecule has 0 aromatic rings. The highest BCUT2D eigenvalue weighted by Gasteiger charge is 2.24. The van der Waals surface area contributed by atoms with Crippen LogP contribution in [-0.4, -0.2) is 5.91 Å². The summed E-state index contributed by atoms with van der Waals surface area (Å²) in [7, 11) is 0. The maximum atomic E-state index is 10.6. The Balaban J connectivity index is 2.39. The van der Waals surface area contributed by atoms with Crippen LogP contribution in [0.5, 0.6) is 0 Å². The van der Waals surface area contributed by atoms with Crippen LogP contribution in [0.3, 0.4) is 0 Å². The normalized spacial score (nSPS) is 34.8. The largest absolute Gasteiger partial charge is 0.369 e. The predicted molar refractivity (Wildman–Crippen MR) is 35.7 cm³/mol. The molecule has 52 valence electrons. The molecule has 2 atom stereocenters. The van der Waals surface area contributed by atoms with Gasteiger partial charge in [0.15, 0.2) is 0 Å². The number of amides is 1. The highest BCUT2D eigenvalue weighted by atomic mass is 16.1. The van der Waals surface area contributed by atoms with Gasteiger partial charge in [-0.25, -0.2) is 0 Å². The maximum Gasteiger partial charge on any atom is 0.220 e. The van der Waals surface area contributed by atoms with Crippen LogP contribution < -0.4 is 5.73 Å². The van der Waals surface area contributed by atoms with E-state index >= 15 is 0 Å². The lowest BCUT2D eigenvalue weighted by Gasteiger charge is -2.01. The van der Waals surface area contributed by atoms with Gasteiger partial charge in [-0.1, -0.05) is 6.92 Å². The maximum absolute atomic E-state index is 10.6. The van der Waals surface area contributed by atoms with Crippen molar-refractivity contribution in [2.45, 2.75) is 26.2 Å². The van der Waals surface area contributed by atoms with Gasteiger partial charge < -0.3 is 5.73 Å². The summed E-state index contributed by atoms with van der Waals surface area (Å²) in [5.74, 6) is 0.779. The Kier molecular flexibility index (Phi) is 1.74. The van der Waals surface area contributed by atoms with E-state index in [1.165, 1.54) is 6.42 Å². The van der Waals surface area contributed by atoms with E-state index in [-0.39, 0.29) is 11.8 Å². The molecule has 0 aliphatic heterocycles. The highest BCUT2D eigenvalue weighted by Crippen LogP contribution is 2.29. The van der Waals surface area contributed by atoms with E-state index in [9.17, 15) is 4.79 Å². The molecule has 0 spiro atoms. The highest BCUT2D eigenvalue weighted by molar-refractivity contribution is 5.76. The molecular formula is C7H13NO. The number of rotatable bonds is 1. The zero-order valence-corrected chi connectivity index (χ0v) is 5.76. The fourth-order valence-electron chi connectivity index (χ4n) is 1.47. The molecule has 2 unspecified atom stereocenters. The van der Waals surface area contributed by atoms with Gasteiger partial charge in [0.05, 0.1) is 0 Å². The van der Waals surface area contributed by atoms with Gasteiger partial charge in [-0.2, -0.15) is 0 Å². The Morgan fingerprint density at radius 1 is 1.56 bits per heavy atom. The molecule has 0 saturated heterocycles. The summed E-state index contributed by atoms with van der Waals surface area (Å²) >= 11 is 0. The average molecular weight is 127 g/mol. The van der Waals surface area contributed by atoms with Crippen molar-refractivity contribution in [2.75, 3.05) is 0 Å². The van der Waals surface area contributed by atoms with Gasteiger partial charge in [0, 0.05) is 5.92 Å². The molecule has 1 fully saturated rings. The zero-order valence-electron chi connectivity index (χ0n) is 5.76. The van der Waals surface area contributed by atoms with Crippen LogP contribution >= 0.6 is 0 Å². The molecule has 2 N–H and O–H groups in total. The molecule has 2 nitrogen and oxygen atoms in total. The first-order valence-corrected chi connectivity index (χ1v) is 3.49. The molecule has 1 amide bonds. The second-order valence-electron chi connectivity index (χ2n) is 3.02. The Morgan fingerprint density at radius 3 is 2.44 bits per heavy atom. The second-order valence-corrected chi connectivity index (χ2v) is 3.02. The number of hydrogen-bond acceptors (Lipinski definition) is 1. The van der Waals surface area contributed by atoms with Crippen LogP contribution in [-0.2, 0) is 4.79 Å². The van der Waals surface area contributed by atoms with Crippen LogP contribution in [0.1, 0.15) is 26.2 Å². The molecule has 1 aliphatic carbocycles. The molecule has 0 bridgehead atoms. The van der Waals surface area contributed by atoms with Crippen molar-refractivity contribution in [3.05, 3.63) is 0 Å². The van der Waals surface area contributed by atoms with Crippen LogP contribution in [0.4, 0.5) is 0 Å². The smallest absolute Gasteiger partial charge is 0.220 e. The molecule has 1 rings (SSSR count). The van der Waals surface area contributed by atoms with Crippen molar-refractivity contribution < 1.29 is 4.79 Å². The number of hydrogen-bond donors (Lipinski definition) is 1. The number of carbonyl (C=O) groups is 1. The van der Waals surface area contributed by atoms with E-state index in [1.807, 2.05) is 0 Å². The van der Waals surface area contributed by atoms with E-state index in [0.717, 1.165) is 12.8 Å². The van der Waals surface area contributed by atoms with Gasteiger partial charge in [0.25, 0.3) is 0 Å². The standard InChI is InChI=1S/C7H13NO/c1-5-2-3-6(4-5)7(8)9/h5-6H,2-4H2,1H3,(H2,8,9). The summed E-state index contributed by atoms with van der Waals surface area (Å²) in [5.41, 5.74) is 5.12. The quantitative estimate of drug-likeness (QED) is 0.559. The minimum Gasteiger partial charge on any atom is -0.369 e. The Morgan fingerprint density at radius 2 is 2.22 bits per heavy atom.